The van der Waals surface area contributed by atoms with E-state index in [4.69, 9.17) is 21.1 Å². The molecule has 3 aromatic rings. The van der Waals surface area contributed by atoms with Gasteiger partial charge >= 0.3 is 0 Å². The van der Waals surface area contributed by atoms with Gasteiger partial charge in [-0.25, -0.2) is 4.68 Å². The Morgan fingerprint density at radius 3 is 2.27 bits per heavy atom. The Hall–Kier alpha value is -3.06. The number of carbonyl (C=O) groups excluding carboxylic acids is 1. The van der Waals surface area contributed by atoms with Crippen molar-refractivity contribution in [1.29, 1.82) is 0 Å². The van der Waals surface area contributed by atoms with Crippen molar-refractivity contribution in [2.24, 2.45) is 0 Å². The molecule has 0 radical (unpaired) electrons. The van der Waals surface area contributed by atoms with Gasteiger partial charge in [0.1, 0.15) is 17.2 Å². The number of ether oxygens (including phenoxy) is 2. The van der Waals surface area contributed by atoms with Crippen LogP contribution in [0.4, 0.5) is 5.69 Å². The molecule has 1 amide bonds. The molecule has 1 aromatic heterocycles. The number of carbonyl (C=O) groups is 1. The average Bonchev–Trinajstić information content (AvgIpc) is 3.27. The van der Waals surface area contributed by atoms with Gasteiger partial charge in [-0.1, -0.05) is 78.3 Å². The van der Waals surface area contributed by atoms with Crippen molar-refractivity contribution in [2.45, 2.75) is 87.2 Å². The minimum absolute atomic E-state index is 0.0130. The van der Waals surface area contributed by atoms with E-state index in [-0.39, 0.29) is 23.1 Å². The highest BCUT2D eigenvalue weighted by Crippen LogP contribution is 2.33. The van der Waals surface area contributed by atoms with Gasteiger partial charge in [0.2, 0.25) is 0 Å². The Morgan fingerprint density at radius 2 is 1.70 bits per heavy atom. The summed E-state index contributed by atoms with van der Waals surface area (Å²) in [6.07, 6.45) is 0.864. The van der Waals surface area contributed by atoms with E-state index >= 15 is 0 Å². The number of hydrogen-bond acceptors (Lipinski definition) is 5. The smallest absolute Gasteiger partial charge is 0.278 e. The van der Waals surface area contributed by atoms with Gasteiger partial charge in [-0.2, -0.15) is 0 Å². The SMILES string of the molecule is CC.CC.CCC(C)Oc1ccc(C(C)(C)C)cc1NC(=O)c1nnn(-c2cc(Cl)ccc2OC)c1C. The molecule has 0 aliphatic carbocycles. The van der Waals surface area contributed by atoms with Crippen LogP contribution in [0.15, 0.2) is 36.4 Å². The Balaban J connectivity index is 0.00000163. The molecule has 204 valence electrons. The van der Waals surface area contributed by atoms with E-state index < -0.39 is 0 Å². The van der Waals surface area contributed by atoms with Crippen molar-refractivity contribution in [3.63, 3.8) is 0 Å². The lowest BCUT2D eigenvalue weighted by Crippen LogP contribution is -2.18. The van der Waals surface area contributed by atoms with Crippen LogP contribution < -0.4 is 14.8 Å². The lowest BCUT2D eigenvalue weighted by atomic mass is 9.87. The number of nitrogens with zero attached hydrogens (tertiary/aromatic N) is 3. The lowest BCUT2D eigenvalue weighted by molar-refractivity contribution is 0.102. The molecule has 0 saturated carbocycles. The van der Waals surface area contributed by atoms with Gasteiger partial charge in [0.15, 0.2) is 5.69 Å². The van der Waals surface area contributed by atoms with Crippen LogP contribution >= 0.6 is 11.6 Å². The third-order valence-electron chi connectivity index (χ3n) is 5.48. The molecule has 2 aromatic carbocycles. The van der Waals surface area contributed by atoms with Crippen LogP contribution in [0.25, 0.3) is 5.69 Å². The molecule has 0 bridgehead atoms. The first kappa shape index (κ1) is 32.0. The maximum atomic E-state index is 13.2. The van der Waals surface area contributed by atoms with Crippen LogP contribution in [0.2, 0.25) is 5.02 Å². The van der Waals surface area contributed by atoms with E-state index in [1.165, 1.54) is 0 Å². The van der Waals surface area contributed by atoms with Crippen LogP contribution in [-0.4, -0.2) is 34.1 Å². The fraction of sp³-hybridized carbons (Fsp3) is 0.483. The van der Waals surface area contributed by atoms with Crippen molar-refractivity contribution in [1.82, 2.24) is 15.0 Å². The topological polar surface area (TPSA) is 78.3 Å². The van der Waals surface area contributed by atoms with Gasteiger partial charge in [0.25, 0.3) is 5.91 Å². The molecule has 1 heterocycles. The first-order chi connectivity index (χ1) is 17.5. The van der Waals surface area contributed by atoms with E-state index in [0.717, 1.165) is 12.0 Å². The number of methoxy groups -OCH3 is 1. The molecule has 0 spiro atoms. The molecule has 0 aliphatic rings. The summed E-state index contributed by atoms with van der Waals surface area (Å²) >= 11 is 6.16. The Bertz CT molecular complexity index is 1150. The third-order valence-corrected chi connectivity index (χ3v) is 5.71. The summed E-state index contributed by atoms with van der Waals surface area (Å²) < 4.78 is 13.0. The molecule has 7 nitrogen and oxygen atoms in total. The van der Waals surface area contributed by atoms with Gasteiger partial charge in [0.05, 0.1) is 24.6 Å². The van der Waals surface area contributed by atoms with Crippen molar-refractivity contribution in [3.05, 3.63) is 58.4 Å². The highest BCUT2D eigenvalue weighted by molar-refractivity contribution is 6.30. The molecular weight excluding hydrogens is 488 g/mol. The monoisotopic (exact) mass is 530 g/mol. The predicted octanol–water partition coefficient (Wildman–Crippen LogP) is 8.02. The van der Waals surface area contributed by atoms with E-state index in [2.05, 4.69) is 43.3 Å². The number of rotatable bonds is 7. The van der Waals surface area contributed by atoms with E-state index in [1.807, 2.05) is 52.8 Å². The second-order valence-electron chi connectivity index (χ2n) is 9.00. The molecule has 37 heavy (non-hydrogen) atoms. The van der Waals surface area contributed by atoms with Crippen LogP contribution in [0, 0.1) is 6.92 Å². The number of anilines is 1. The molecule has 1 unspecified atom stereocenters. The standard InChI is InChI=1S/C25H31ClN4O3.2C2H6/c1-8-15(2)33-21-11-9-17(25(4,5)6)13-19(21)27-24(31)23-16(3)30(29-28-23)20-14-18(26)10-12-22(20)32-7;2*1-2/h9-15H,8H2,1-7H3,(H,27,31);2*1-2H3. The zero-order valence-corrected chi connectivity index (χ0v) is 24.9. The fourth-order valence-electron chi connectivity index (χ4n) is 3.27. The van der Waals surface area contributed by atoms with Gasteiger partial charge in [-0.15, -0.1) is 5.10 Å². The number of benzene rings is 2. The largest absolute Gasteiger partial charge is 0.494 e. The zero-order valence-electron chi connectivity index (χ0n) is 24.2. The Labute approximate surface area is 227 Å². The number of nitrogens with one attached hydrogen (secondary N) is 1. The molecule has 1 atom stereocenters. The molecule has 3 rings (SSSR count). The minimum Gasteiger partial charge on any atom is -0.494 e. The summed E-state index contributed by atoms with van der Waals surface area (Å²) in [6.45, 7) is 20.2. The molecular formula is C29H43ClN4O3. The summed E-state index contributed by atoms with van der Waals surface area (Å²) in [6, 6.07) is 11.1. The van der Waals surface area contributed by atoms with E-state index in [9.17, 15) is 4.79 Å². The van der Waals surface area contributed by atoms with E-state index in [0.29, 0.717) is 33.6 Å². The molecule has 0 fully saturated rings. The average molecular weight is 531 g/mol. The summed E-state index contributed by atoms with van der Waals surface area (Å²) in [5.41, 5.74) is 2.96. The predicted molar refractivity (Wildman–Crippen MR) is 154 cm³/mol. The summed E-state index contributed by atoms with van der Waals surface area (Å²) in [4.78, 5) is 13.2. The molecule has 0 saturated heterocycles. The van der Waals surface area contributed by atoms with Gasteiger partial charge < -0.3 is 14.8 Å². The van der Waals surface area contributed by atoms with Gasteiger partial charge in [0, 0.05) is 5.02 Å². The van der Waals surface area contributed by atoms with E-state index in [1.54, 1.807) is 36.9 Å². The minimum atomic E-state index is -0.375. The van der Waals surface area contributed by atoms with Gasteiger partial charge in [-0.05, 0) is 61.6 Å². The first-order valence-corrected chi connectivity index (χ1v) is 13.3. The highest BCUT2D eigenvalue weighted by Gasteiger charge is 2.23. The Kier molecular flexibility index (Phi) is 12.6. The quantitative estimate of drug-likeness (QED) is 0.334. The maximum Gasteiger partial charge on any atom is 0.278 e. The van der Waals surface area contributed by atoms with Crippen LogP contribution in [0.3, 0.4) is 0 Å². The highest BCUT2D eigenvalue weighted by atomic mass is 35.5. The number of hydrogen-bond donors (Lipinski definition) is 1. The van der Waals surface area contributed by atoms with Crippen molar-refractivity contribution >= 4 is 23.2 Å². The second kappa shape index (κ2) is 14.6. The molecule has 0 aliphatic heterocycles. The zero-order chi connectivity index (χ0) is 28.3. The fourth-order valence-corrected chi connectivity index (χ4v) is 3.44. The van der Waals surface area contributed by atoms with Crippen molar-refractivity contribution in [2.75, 3.05) is 12.4 Å². The lowest BCUT2D eigenvalue weighted by Gasteiger charge is -2.23. The second-order valence-corrected chi connectivity index (χ2v) is 9.44. The normalized spacial score (nSPS) is 11.4. The number of aromatic nitrogens is 3. The van der Waals surface area contributed by atoms with Crippen molar-refractivity contribution < 1.29 is 14.3 Å². The number of amides is 1. The van der Waals surface area contributed by atoms with Gasteiger partial charge in [-0.3, -0.25) is 4.79 Å². The van der Waals surface area contributed by atoms with Crippen LogP contribution in [0.1, 0.15) is 90.5 Å². The molecule has 8 heteroatoms. The summed E-state index contributed by atoms with van der Waals surface area (Å²) in [7, 11) is 1.56. The first-order valence-electron chi connectivity index (χ1n) is 12.9. The third kappa shape index (κ3) is 8.22. The van der Waals surface area contributed by atoms with Crippen LogP contribution in [0.5, 0.6) is 11.5 Å². The van der Waals surface area contributed by atoms with Crippen molar-refractivity contribution in [3.8, 4) is 17.2 Å². The maximum absolute atomic E-state index is 13.2. The summed E-state index contributed by atoms with van der Waals surface area (Å²) in [5.74, 6) is 0.813. The molecule has 1 N–H and O–H groups in total. The summed E-state index contributed by atoms with van der Waals surface area (Å²) in [5, 5.41) is 11.8. The number of halogens is 1. The van der Waals surface area contributed by atoms with Crippen LogP contribution in [-0.2, 0) is 5.41 Å². The Morgan fingerprint density at radius 1 is 1.08 bits per heavy atom.